The minimum Gasteiger partial charge on any atom is -0.324 e. The maximum absolute atomic E-state index is 6.40. The van der Waals surface area contributed by atoms with Crippen molar-refractivity contribution in [2.75, 3.05) is 0 Å². The minimum absolute atomic E-state index is 0.0809. The van der Waals surface area contributed by atoms with Gasteiger partial charge in [0.1, 0.15) is 0 Å². The fourth-order valence-electron chi connectivity index (χ4n) is 2.77. The Morgan fingerprint density at radius 3 is 2.26 bits per heavy atom. The number of nitrogens with two attached hydrogens (primary N) is 1. The van der Waals surface area contributed by atoms with Crippen LogP contribution in [0.3, 0.4) is 0 Å². The summed E-state index contributed by atoms with van der Waals surface area (Å²) < 4.78 is 0. The van der Waals surface area contributed by atoms with Crippen molar-refractivity contribution in [1.29, 1.82) is 0 Å². The van der Waals surface area contributed by atoms with E-state index in [-0.39, 0.29) is 6.04 Å². The fraction of sp³-hybridized carbons (Fsp3) is 0.333. The van der Waals surface area contributed by atoms with Gasteiger partial charge in [0.2, 0.25) is 0 Å². The molecule has 0 aliphatic heterocycles. The third-order valence-electron chi connectivity index (χ3n) is 3.57. The van der Waals surface area contributed by atoms with Crippen LogP contribution in [0.1, 0.15) is 40.8 Å². The highest BCUT2D eigenvalue weighted by Crippen LogP contribution is 2.21. The standard InChI is InChI=1S/C18H23N/c1-4-16-7-5-6-8-17(16)18(19)12-15-10-13(2)9-14(3)11-15/h5-11,18H,4,12,19H2,1-3H3. The molecule has 1 atom stereocenters. The van der Waals surface area contributed by atoms with E-state index in [1.54, 1.807) is 0 Å². The van der Waals surface area contributed by atoms with Crippen molar-refractivity contribution >= 4 is 0 Å². The van der Waals surface area contributed by atoms with Crippen LogP contribution in [-0.2, 0) is 12.8 Å². The predicted molar refractivity (Wildman–Crippen MR) is 82.4 cm³/mol. The lowest BCUT2D eigenvalue weighted by Gasteiger charge is -2.16. The quantitative estimate of drug-likeness (QED) is 0.872. The molecule has 0 aromatic heterocycles. The molecule has 1 unspecified atom stereocenters. The van der Waals surface area contributed by atoms with E-state index in [0.717, 1.165) is 12.8 Å². The molecule has 0 bridgehead atoms. The van der Waals surface area contributed by atoms with Gasteiger partial charge < -0.3 is 5.73 Å². The zero-order valence-corrected chi connectivity index (χ0v) is 12.1. The first-order valence-corrected chi connectivity index (χ1v) is 7.00. The van der Waals surface area contributed by atoms with Crippen LogP contribution in [0.4, 0.5) is 0 Å². The van der Waals surface area contributed by atoms with Crippen LogP contribution < -0.4 is 5.73 Å². The predicted octanol–water partition coefficient (Wildman–Crippen LogP) is 4.11. The van der Waals surface area contributed by atoms with Crippen molar-refractivity contribution in [2.24, 2.45) is 5.73 Å². The maximum Gasteiger partial charge on any atom is 0.0338 e. The molecule has 100 valence electrons. The highest BCUT2D eigenvalue weighted by Gasteiger charge is 2.10. The van der Waals surface area contributed by atoms with E-state index >= 15 is 0 Å². The molecule has 0 aliphatic carbocycles. The van der Waals surface area contributed by atoms with Crippen molar-refractivity contribution in [2.45, 2.75) is 39.7 Å². The van der Waals surface area contributed by atoms with Gasteiger partial charge in [-0.05, 0) is 43.4 Å². The highest BCUT2D eigenvalue weighted by atomic mass is 14.6. The first-order chi connectivity index (χ1) is 9.10. The average molecular weight is 253 g/mol. The minimum atomic E-state index is 0.0809. The van der Waals surface area contributed by atoms with Crippen LogP contribution in [0, 0.1) is 13.8 Å². The average Bonchev–Trinajstić information content (AvgIpc) is 2.37. The van der Waals surface area contributed by atoms with Crippen molar-refractivity contribution in [3.05, 3.63) is 70.3 Å². The van der Waals surface area contributed by atoms with Gasteiger partial charge in [0.05, 0.1) is 0 Å². The van der Waals surface area contributed by atoms with Gasteiger partial charge in [-0.3, -0.25) is 0 Å². The largest absolute Gasteiger partial charge is 0.324 e. The third-order valence-corrected chi connectivity index (χ3v) is 3.57. The van der Waals surface area contributed by atoms with E-state index in [2.05, 4.69) is 63.2 Å². The molecule has 0 saturated heterocycles. The Labute approximate surface area is 116 Å². The number of hydrogen-bond donors (Lipinski definition) is 1. The van der Waals surface area contributed by atoms with Gasteiger partial charge >= 0.3 is 0 Å². The van der Waals surface area contributed by atoms with E-state index in [9.17, 15) is 0 Å². The summed E-state index contributed by atoms with van der Waals surface area (Å²) in [6.45, 7) is 6.46. The SMILES string of the molecule is CCc1ccccc1C(N)Cc1cc(C)cc(C)c1. The van der Waals surface area contributed by atoms with Crippen LogP contribution in [0.25, 0.3) is 0 Å². The highest BCUT2D eigenvalue weighted by molar-refractivity contribution is 5.33. The van der Waals surface area contributed by atoms with Gasteiger partial charge in [-0.1, -0.05) is 60.5 Å². The summed E-state index contributed by atoms with van der Waals surface area (Å²) in [5, 5.41) is 0. The summed E-state index contributed by atoms with van der Waals surface area (Å²) in [4.78, 5) is 0. The molecular weight excluding hydrogens is 230 g/mol. The molecule has 0 spiro atoms. The van der Waals surface area contributed by atoms with Gasteiger partial charge in [-0.2, -0.15) is 0 Å². The van der Waals surface area contributed by atoms with E-state index < -0.39 is 0 Å². The molecule has 19 heavy (non-hydrogen) atoms. The van der Waals surface area contributed by atoms with Crippen molar-refractivity contribution in [3.63, 3.8) is 0 Å². The molecular formula is C18H23N. The fourth-order valence-corrected chi connectivity index (χ4v) is 2.77. The second-order valence-corrected chi connectivity index (χ2v) is 5.36. The van der Waals surface area contributed by atoms with E-state index in [1.165, 1.54) is 27.8 Å². The third kappa shape index (κ3) is 3.45. The monoisotopic (exact) mass is 253 g/mol. The number of rotatable bonds is 4. The van der Waals surface area contributed by atoms with Crippen LogP contribution >= 0.6 is 0 Å². The smallest absolute Gasteiger partial charge is 0.0338 e. The van der Waals surface area contributed by atoms with Gasteiger partial charge in [0.25, 0.3) is 0 Å². The van der Waals surface area contributed by atoms with Crippen molar-refractivity contribution in [1.82, 2.24) is 0 Å². The Bertz CT molecular complexity index is 537. The summed E-state index contributed by atoms with van der Waals surface area (Å²) in [6, 6.07) is 15.3. The number of aryl methyl sites for hydroxylation is 3. The van der Waals surface area contributed by atoms with Gasteiger partial charge in [-0.25, -0.2) is 0 Å². The summed E-state index contributed by atoms with van der Waals surface area (Å²) >= 11 is 0. The Hall–Kier alpha value is -1.60. The first-order valence-electron chi connectivity index (χ1n) is 7.00. The van der Waals surface area contributed by atoms with E-state index in [0.29, 0.717) is 0 Å². The Morgan fingerprint density at radius 2 is 1.63 bits per heavy atom. The Balaban J connectivity index is 2.22. The summed E-state index contributed by atoms with van der Waals surface area (Å²) in [5.41, 5.74) is 13.0. The molecule has 2 rings (SSSR count). The Kier molecular flexibility index (Phi) is 4.39. The summed E-state index contributed by atoms with van der Waals surface area (Å²) in [6.07, 6.45) is 1.94. The van der Waals surface area contributed by atoms with Crippen molar-refractivity contribution in [3.8, 4) is 0 Å². The Morgan fingerprint density at radius 1 is 1.00 bits per heavy atom. The molecule has 1 nitrogen and oxygen atoms in total. The van der Waals surface area contributed by atoms with Crippen LogP contribution in [0.5, 0.6) is 0 Å². The second-order valence-electron chi connectivity index (χ2n) is 5.36. The molecule has 2 aromatic carbocycles. The number of benzene rings is 2. The molecule has 0 amide bonds. The van der Waals surface area contributed by atoms with E-state index in [1.807, 2.05) is 0 Å². The molecule has 0 fully saturated rings. The summed E-state index contributed by atoms with van der Waals surface area (Å²) in [5.74, 6) is 0. The zero-order chi connectivity index (χ0) is 13.8. The molecule has 0 heterocycles. The second kappa shape index (κ2) is 6.03. The molecule has 1 heteroatoms. The van der Waals surface area contributed by atoms with E-state index in [4.69, 9.17) is 5.73 Å². The first kappa shape index (κ1) is 13.8. The molecule has 0 saturated carbocycles. The van der Waals surface area contributed by atoms with Gasteiger partial charge in [0, 0.05) is 6.04 Å². The maximum atomic E-state index is 6.40. The van der Waals surface area contributed by atoms with Crippen LogP contribution in [0.15, 0.2) is 42.5 Å². The van der Waals surface area contributed by atoms with Gasteiger partial charge in [0.15, 0.2) is 0 Å². The number of hydrogen-bond acceptors (Lipinski definition) is 1. The lowest BCUT2D eigenvalue weighted by atomic mass is 9.93. The van der Waals surface area contributed by atoms with Gasteiger partial charge in [-0.15, -0.1) is 0 Å². The molecule has 0 radical (unpaired) electrons. The molecule has 0 aliphatic rings. The van der Waals surface area contributed by atoms with Crippen LogP contribution in [-0.4, -0.2) is 0 Å². The lowest BCUT2D eigenvalue weighted by Crippen LogP contribution is -2.15. The lowest BCUT2D eigenvalue weighted by molar-refractivity contribution is 0.711. The van der Waals surface area contributed by atoms with Crippen molar-refractivity contribution < 1.29 is 0 Å². The zero-order valence-electron chi connectivity index (χ0n) is 12.1. The van der Waals surface area contributed by atoms with Crippen LogP contribution in [0.2, 0.25) is 0 Å². The molecule has 2 aromatic rings. The molecule has 2 N–H and O–H groups in total. The topological polar surface area (TPSA) is 26.0 Å². The summed E-state index contributed by atoms with van der Waals surface area (Å²) in [7, 11) is 0. The normalized spacial score (nSPS) is 12.4.